The molecule has 2 amide bonds. The number of halogens is 3. The molecule has 0 spiro atoms. The number of alkyl halides is 3. The van der Waals surface area contributed by atoms with Crippen molar-refractivity contribution in [2.45, 2.75) is 43.8 Å². The van der Waals surface area contributed by atoms with Crippen molar-refractivity contribution < 1.29 is 36.0 Å². The summed E-state index contributed by atoms with van der Waals surface area (Å²) in [6.45, 7) is 3.77. The van der Waals surface area contributed by atoms with Crippen LogP contribution in [-0.4, -0.2) is 32.9 Å². The lowest BCUT2D eigenvalue weighted by Crippen LogP contribution is -2.47. The Morgan fingerprint density at radius 3 is 2.43 bits per heavy atom. The SMILES string of the molecule is CC(C)CONC(=O)[C@H](CCC(N)=O)NS(=O)(=O)c1cccc(C(F)(F)F)c1. The molecule has 0 aromatic heterocycles. The third-order valence-electron chi connectivity index (χ3n) is 3.35. The molecular formula is C16H22F3N3O5S. The molecule has 28 heavy (non-hydrogen) atoms. The van der Waals surface area contributed by atoms with Crippen LogP contribution < -0.4 is 15.9 Å². The molecule has 4 N–H and O–H groups in total. The fourth-order valence-electron chi connectivity index (χ4n) is 1.98. The quantitative estimate of drug-likeness (QED) is 0.487. The highest BCUT2D eigenvalue weighted by Gasteiger charge is 2.32. The Labute approximate surface area is 160 Å². The number of nitrogens with one attached hydrogen (secondary N) is 2. The van der Waals surface area contributed by atoms with Crippen LogP contribution in [0.3, 0.4) is 0 Å². The number of hydrogen-bond acceptors (Lipinski definition) is 5. The van der Waals surface area contributed by atoms with Crippen LogP contribution in [0.25, 0.3) is 0 Å². The van der Waals surface area contributed by atoms with Gasteiger partial charge in [-0.05, 0) is 30.5 Å². The van der Waals surface area contributed by atoms with Crippen molar-refractivity contribution >= 4 is 21.8 Å². The fraction of sp³-hybridized carbons (Fsp3) is 0.500. The summed E-state index contributed by atoms with van der Waals surface area (Å²) in [4.78, 5) is 27.4. The maximum absolute atomic E-state index is 12.8. The van der Waals surface area contributed by atoms with Crippen LogP contribution in [0.2, 0.25) is 0 Å². The molecule has 158 valence electrons. The second-order valence-electron chi connectivity index (χ2n) is 6.38. The number of hydrogen-bond donors (Lipinski definition) is 3. The van der Waals surface area contributed by atoms with E-state index in [-0.39, 0.29) is 25.4 Å². The Kier molecular flexibility index (Phi) is 8.39. The van der Waals surface area contributed by atoms with E-state index in [9.17, 15) is 31.2 Å². The summed E-state index contributed by atoms with van der Waals surface area (Å²) >= 11 is 0. The summed E-state index contributed by atoms with van der Waals surface area (Å²) in [5, 5.41) is 0. The molecule has 1 atom stereocenters. The van der Waals surface area contributed by atoms with Crippen molar-refractivity contribution in [1.82, 2.24) is 10.2 Å². The molecule has 0 saturated heterocycles. The Bertz CT molecular complexity index is 797. The van der Waals surface area contributed by atoms with Crippen molar-refractivity contribution in [3.8, 4) is 0 Å². The number of carbonyl (C=O) groups is 2. The Morgan fingerprint density at radius 1 is 1.25 bits per heavy atom. The number of hydroxylamine groups is 1. The summed E-state index contributed by atoms with van der Waals surface area (Å²) in [5.41, 5.74) is 5.91. The van der Waals surface area contributed by atoms with E-state index in [1.807, 2.05) is 24.0 Å². The molecule has 0 fully saturated rings. The van der Waals surface area contributed by atoms with Crippen molar-refractivity contribution in [3.05, 3.63) is 29.8 Å². The van der Waals surface area contributed by atoms with Gasteiger partial charge in [-0.2, -0.15) is 17.9 Å². The lowest BCUT2D eigenvalue weighted by molar-refractivity contribution is -0.138. The molecule has 1 aromatic rings. The molecule has 8 nitrogen and oxygen atoms in total. The van der Waals surface area contributed by atoms with E-state index in [1.54, 1.807) is 0 Å². The maximum atomic E-state index is 12.8. The van der Waals surface area contributed by atoms with Gasteiger partial charge in [0.1, 0.15) is 6.04 Å². The van der Waals surface area contributed by atoms with E-state index in [0.717, 1.165) is 18.2 Å². The highest BCUT2D eigenvalue weighted by Crippen LogP contribution is 2.30. The van der Waals surface area contributed by atoms with Gasteiger partial charge in [0, 0.05) is 6.42 Å². The van der Waals surface area contributed by atoms with Crippen LogP contribution in [0.15, 0.2) is 29.2 Å². The second-order valence-corrected chi connectivity index (χ2v) is 8.09. The number of amides is 2. The lowest BCUT2D eigenvalue weighted by atomic mass is 10.1. The van der Waals surface area contributed by atoms with Gasteiger partial charge in [-0.3, -0.25) is 14.4 Å². The predicted octanol–water partition coefficient (Wildman–Crippen LogP) is 1.32. The van der Waals surface area contributed by atoms with Gasteiger partial charge in [-0.15, -0.1) is 0 Å². The molecular weight excluding hydrogens is 403 g/mol. The standard InChI is InChI=1S/C16H22F3N3O5S/c1-10(2)9-27-21-15(24)13(6-7-14(20)23)22-28(25,26)12-5-3-4-11(8-12)16(17,18)19/h3-5,8,10,13,22H,6-7,9H2,1-2H3,(H2,20,23)(H,21,24)/t13-/m0/s1. The van der Waals surface area contributed by atoms with Crippen LogP contribution in [-0.2, 0) is 30.6 Å². The highest BCUT2D eigenvalue weighted by molar-refractivity contribution is 7.89. The predicted molar refractivity (Wildman–Crippen MR) is 92.9 cm³/mol. The van der Waals surface area contributed by atoms with Gasteiger partial charge in [-0.25, -0.2) is 13.9 Å². The molecule has 0 radical (unpaired) electrons. The van der Waals surface area contributed by atoms with Crippen LogP contribution in [0, 0.1) is 5.92 Å². The topological polar surface area (TPSA) is 128 Å². The van der Waals surface area contributed by atoms with Crippen molar-refractivity contribution in [2.24, 2.45) is 11.7 Å². The van der Waals surface area contributed by atoms with E-state index in [1.165, 1.54) is 0 Å². The summed E-state index contributed by atoms with van der Waals surface area (Å²) < 4.78 is 65.3. The van der Waals surface area contributed by atoms with Gasteiger partial charge in [0.05, 0.1) is 17.1 Å². The largest absolute Gasteiger partial charge is 0.416 e. The average molecular weight is 425 g/mol. The first-order valence-corrected chi connectivity index (χ1v) is 9.70. The Hall–Kier alpha value is -2.18. The normalized spacial score (nSPS) is 13.4. The van der Waals surface area contributed by atoms with E-state index in [0.29, 0.717) is 6.07 Å². The average Bonchev–Trinajstić information content (AvgIpc) is 2.57. The zero-order chi connectivity index (χ0) is 21.5. The molecule has 0 aliphatic carbocycles. The van der Waals surface area contributed by atoms with E-state index in [4.69, 9.17) is 10.6 Å². The molecule has 1 aromatic carbocycles. The van der Waals surface area contributed by atoms with E-state index >= 15 is 0 Å². The van der Waals surface area contributed by atoms with Gasteiger partial charge in [0.25, 0.3) is 5.91 Å². The lowest BCUT2D eigenvalue weighted by Gasteiger charge is -2.18. The smallest absolute Gasteiger partial charge is 0.370 e. The fourth-order valence-corrected chi connectivity index (χ4v) is 3.25. The molecule has 0 unspecified atom stereocenters. The molecule has 0 bridgehead atoms. The number of rotatable bonds is 10. The van der Waals surface area contributed by atoms with E-state index < -0.39 is 44.5 Å². The number of nitrogens with two attached hydrogens (primary N) is 1. The van der Waals surface area contributed by atoms with Gasteiger partial charge >= 0.3 is 6.18 Å². The number of sulfonamides is 1. The molecule has 0 aliphatic heterocycles. The van der Waals surface area contributed by atoms with E-state index in [2.05, 4.69) is 0 Å². The molecule has 12 heteroatoms. The van der Waals surface area contributed by atoms with Crippen LogP contribution in [0.5, 0.6) is 0 Å². The zero-order valence-electron chi connectivity index (χ0n) is 15.2. The summed E-state index contributed by atoms with van der Waals surface area (Å²) in [6, 6.07) is 1.58. The first kappa shape index (κ1) is 23.9. The minimum Gasteiger partial charge on any atom is -0.370 e. The number of primary amides is 1. The molecule has 1 rings (SSSR count). The van der Waals surface area contributed by atoms with Crippen molar-refractivity contribution in [3.63, 3.8) is 0 Å². The van der Waals surface area contributed by atoms with Gasteiger partial charge < -0.3 is 5.73 Å². The Balaban J connectivity index is 3.01. The molecule has 0 aliphatic rings. The first-order chi connectivity index (χ1) is 12.8. The van der Waals surface area contributed by atoms with Gasteiger partial charge in [0.2, 0.25) is 15.9 Å². The minimum absolute atomic E-state index is 0.0752. The maximum Gasteiger partial charge on any atom is 0.416 e. The monoisotopic (exact) mass is 425 g/mol. The van der Waals surface area contributed by atoms with Crippen molar-refractivity contribution in [1.29, 1.82) is 0 Å². The second kappa shape index (κ2) is 9.85. The van der Waals surface area contributed by atoms with Crippen LogP contribution >= 0.6 is 0 Å². The minimum atomic E-state index is -4.74. The highest BCUT2D eigenvalue weighted by atomic mass is 32.2. The summed E-state index contributed by atoms with van der Waals surface area (Å²) in [6.07, 6.45) is -5.36. The van der Waals surface area contributed by atoms with Gasteiger partial charge in [0.15, 0.2) is 0 Å². The third kappa shape index (κ3) is 7.82. The summed E-state index contributed by atoms with van der Waals surface area (Å²) in [7, 11) is -4.50. The number of carbonyl (C=O) groups excluding carboxylic acids is 2. The zero-order valence-corrected chi connectivity index (χ0v) is 16.1. The third-order valence-corrected chi connectivity index (χ3v) is 4.82. The van der Waals surface area contributed by atoms with Crippen molar-refractivity contribution in [2.75, 3.05) is 6.61 Å². The van der Waals surface area contributed by atoms with Gasteiger partial charge in [-0.1, -0.05) is 19.9 Å². The molecule has 0 saturated carbocycles. The molecule has 0 heterocycles. The Morgan fingerprint density at radius 2 is 1.89 bits per heavy atom. The number of benzene rings is 1. The summed E-state index contributed by atoms with van der Waals surface area (Å²) in [5.74, 6) is -1.61. The van der Waals surface area contributed by atoms with Crippen LogP contribution in [0.1, 0.15) is 32.3 Å². The first-order valence-electron chi connectivity index (χ1n) is 8.22. The van der Waals surface area contributed by atoms with Crippen LogP contribution in [0.4, 0.5) is 13.2 Å².